The highest BCUT2D eigenvalue weighted by molar-refractivity contribution is 5.95. The lowest BCUT2D eigenvalue weighted by Crippen LogP contribution is -2.26. The van der Waals surface area contributed by atoms with E-state index in [9.17, 15) is 9.59 Å². The Labute approximate surface area is 90.2 Å². The summed E-state index contributed by atoms with van der Waals surface area (Å²) in [5.41, 5.74) is 2.09. The molecule has 0 aliphatic carbocycles. The fourth-order valence-electron chi connectivity index (χ4n) is 1.06. The van der Waals surface area contributed by atoms with Gasteiger partial charge in [-0.15, -0.1) is 0 Å². The molecular formula is C11H18O4. The predicted molar refractivity (Wildman–Crippen MR) is 56.2 cm³/mol. The molecule has 0 fully saturated rings. The molecule has 0 radical (unpaired) electrons. The molecule has 0 atom stereocenters. The second-order valence-corrected chi connectivity index (χ2v) is 3.58. The summed E-state index contributed by atoms with van der Waals surface area (Å²) < 4.78 is 9.11. The number of hydrogen-bond acceptors (Lipinski definition) is 4. The zero-order valence-electron chi connectivity index (χ0n) is 9.92. The molecule has 4 heteroatoms. The zero-order valence-corrected chi connectivity index (χ0v) is 9.92. The summed E-state index contributed by atoms with van der Waals surface area (Å²) in [4.78, 5) is 22.6. The summed E-state index contributed by atoms with van der Waals surface area (Å²) in [6.45, 7) is 5.75. The van der Waals surface area contributed by atoms with Crippen LogP contribution in [0.3, 0.4) is 0 Å². The largest absolute Gasteiger partial charge is 0.468 e. The molecule has 0 bridgehead atoms. The normalized spacial score (nSPS) is 9.73. The van der Waals surface area contributed by atoms with E-state index in [-0.39, 0.29) is 0 Å². The molecule has 0 aliphatic rings. The highest BCUT2D eigenvalue weighted by atomic mass is 16.5. The van der Waals surface area contributed by atoms with Crippen LogP contribution in [-0.4, -0.2) is 26.2 Å². The number of rotatable bonds is 4. The first-order valence-electron chi connectivity index (χ1n) is 4.72. The van der Waals surface area contributed by atoms with Crippen molar-refractivity contribution >= 4 is 11.9 Å². The zero-order chi connectivity index (χ0) is 12.0. The molecule has 4 nitrogen and oxygen atoms in total. The molecule has 0 N–H and O–H groups in total. The van der Waals surface area contributed by atoms with Crippen LogP contribution in [0.25, 0.3) is 0 Å². The lowest BCUT2D eigenvalue weighted by atomic mass is 9.98. The van der Waals surface area contributed by atoms with E-state index in [1.54, 1.807) is 0 Å². The Morgan fingerprint density at radius 3 is 1.67 bits per heavy atom. The van der Waals surface area contributed by atoms with Gasteiger partial charge in [0.2, 0.25) is 0 Å². The van der Waals surface area contributed by atoms with E-state index in [4.69, 9.17) is 0 Å². The Hall–Kier alpha value is -1.32. The van der Waals surface area contributed by atoms with Crippen LogP contribution in [0.5, 0.6) is 0 Å². The number of ether oxygens (including phenoxy) is 2. The molecule has 0 saturated heterocycles. The van der Waals surface area contributed by atoms with Gasteiger partial charge in [0.25, 0.3) is 0 Å². The minimum Gasteiger partial charge on any atom is -0.468 e. The lowest BCUT2D eigenvalue weighted by Gasteiger charge is -2.13. The van der Waals surface area contributed by atoms with Crippen LogP contribution in [0.15, 0.2) is 11.1 Å². The van der Waals surface area contributed by atoms with Gasteiger partial charge >= 0.3 is 11.9 Å². The molecule has 0 aromatic rings. The van der Waals surface area contributed by atoms with Crippen molar-refractivity contribution in [3.05, 3.63) is 11.1 Å². The first-order valence-corrected chi connectivity index (χ1v) is 4.72. The van der Waals surface area contributed by atoms with E-state index in [0.717, 1.165) is 11.1 Å². The first-order chi connectivity index (χ1) is 6.93. The highest BCUT2D eigenvalue weighted by Crippen LogP contribution is 2.17. The van der Waals surface area contributed by atoms with Gasteiger partial charge in [-0.2, -0.15) is 0 Å². The fourth-order valence-corrected chi connectivity index (χ4v) is 1.06. The Bertz CT molecular complexity index is 258. The predicted octanol–water partition coefficient (Wildman–Crippen LogP) is 1.70. The minimum absolute atomic E-state index is 0.349. The van der Waals surface area contributed by atoms with E-state index in [0.29, 0.717) is 6.42 Å². The van der Waals surface area contributed by atoms with Gasteiger partial charge in [-0.25, -0.2) is 0 Å². The monoisotopic (exact) mass is 214 g/mol. The molecule has 0 unspecified atom stereocenters. The second kappa shape index (κ2) is 6.22. The quantitative estimate of drug-likeness (QED) is 0.406. The summed E-state index contributed by atoms with van der Waals surface area (Å²) in [7, 11) is 2.52. The van der Waals surface area contributed by atoms with Crippen molar-refractivity contribution in [1.82, 2.24) is 0 Å². The van der Waals surface area contributed by atoms with Crippen molar-refractivity contribution in [2.24, 2.45) is 5.92 Å². The van der Waals surface area contributed by atoms with Crippen LogP contribution in [0.2, 0.25) is 0 Å². The smallest absolute Gasteiger partial charge is 0.320 e. The van der Waals surface area contributed by atoms with E-state index >= 15 is 0 Å². The lowest BCUT2D eigenvalue weighted by molar-refractivity contribution is -0.158. The van der Waals surface area contributed by atoms with Gasteiger partial charge in [-0.05, 0) is 27.2 Å². The molecular weight excluding hydrogens is 196 g/mol. The molecule has 0 saturated carbocycles. The Morgan fingerprint density at radius 2 is 1.40 bits per heavy atom. The molecule has 0 aromatic carbocycles. The van der Waals surface area contributed by atoms with E-state index in [1.165, 1.54) is 14.2 Å². The second-order valence-electron chi connectivity index (χ2n) is 3.58. The van der Waals surface area contributed by atoms with Gasteiger partial charge in [0.05, 0.1) is 14.2 Å². The summed E-state index contributed by atoms with van der Waals surface area (Å²) in [5, 5.41) is 0. The summed E-state index contributed by atoms with van der Waals surface area (Å²) in [6, 6.07) is 0. The fraction of sp³-hybridized carbons (Fsp3) is 0.636. The molecule has 0 aliphatic heterocycles. The minimum atomic E-state index is -0.852. The van der Waals surface area contributed by atoms with Crippen LogP contribution in [0, 0.1) is 5.92 Å². The highest BCUT2D eigenvalue weighted by Gasteiger charge is 2.28. The maximum absolute atomic E-state index is 11.3. The molecule has 0 amide bonds. The van der Waals surface area contributed by atoms with Gasteiger partial charge in [-0.1, -0.05) is 11.1 Å². The SMILES string of the molecule is COC(=O)C(CC(C)=C(C)C)C(=O)OC. The van der Waals surface area contributed by atoms with Crippen LogP contribution in [-0.2, 0) is 19.1 Å². The van der Waals surface area contributed by atoms with Crippen molar-refractivity contribution in [1.29, 1.82) is 0 Å². The summed E-state index contributed by atoms with van der Waals surface area (Å²) in [5.74, 6) is -1.96. The van der Waals surface area contributed by atoms with Crippen molar-refractivity contribution < 1.29 is 19.1 Å². The van der Waals surface area contributed by atoms with Gasteiger partial charge in [0.15, 0.2) is 5.92 Å². The summed E-state index contributed by atoms with van der Waals surface area (Å²) >= 11 is 0. The van der Waals surface area contributed by atoms with Crippen molar-refractivity contribution in [2.45, 2.75) is 27.2 Å². The first kappa shape index (κ1) is 13.7. The van der Waals surface area contributed by atoms with Gasteiger partial charge < -0.3 is 9.47 Å². The maximum Gasteiger partial charge on any atom is 0.320 e. The van der Waals surface area contributed by atoms with E-state index in [2.05, 4.69) is 9.47 Å². The van der Waals surface area contributed by atoms with Gasteiger partial charge in [-0.3, -0.25) is 9.59 Å². The molecule has 15 heavy (non-hydrogen) atoms. The van der Waals surface area contributed by atoms with Gasteiger partial charge in [0, 0.05) is 0 Å². The Kier molecular flexibility index (Phi) is 5.67. The van der Waals surface area contributed by atoms with E-state index < -0.39 is 17.9 Å². The van der Waals surface area contributed by atoms with Crippen LogP contribution < -0.4 is 0 Å². The molecule has 0 rings (SSSR count). The molecule has 0 spiro atoms. The standard InChI is InChI=1S/C11H18O4/c1-7(2)8(3)6-9(10(12)14-4)11(13)15-5/h9H,6H2,1-5H3. The Morgan fingerprint density at radius 1 is 1.00 bits per heavy atom. The van der Waals surface area contributed by atoms with Crippen LogP contribution in [0.1, 0.15) is 27.2 Å². The number of allylic oxidation sites excluding steroid dienone is 2. The van der Waals surface area contributed by atoms with Crippen molar-refractivity contribution in [2.75, 3.05) is 14.2 Å². The Balaban J connectivity index is 4.74. The van der Waals surface area contributed by atoms with Gasteiger partial charge in [0.1, 0.15) is 0 Å². The maximum atomic E-state index is 11.3. The van der Waals surface area contributed by atoms with E-state index in [1.807, 2.05) is 20.8 Å². The number of methoxy groups -OCH3 is 2. The third-order valence-electron chi connectivity index (χ3n) is 2.34. The average Bonchev–Trinajstić information content (AvgIpc) is 2.23. The third-order valence-corrected chi connectivity index (χ3v) is 2.34. The van der Waals surface area contributed by atoms with Crippen molar-refractivity contribution in [3.8, 4) is 0 Å². The third kappa shape index (κ3) is 4.14. The molecule has 86 valence electrons. The number of carbonyl (C=O) groups excluding carboxylic acids is 2. The number of hydrogen-bond donors (Lipinski definition) is 0. The number of esters is 2. The number of carbonyl (C=O) groups is 2. The van der Waals surface area contributed by atoms with Crippen molar-refractivity contribution in [3.63, 3.8) is 0 Å². The average molecular weight is 214 g/mol. The molecule has 0 heterocycles. The summed E-state index contributed by atoms with van der Waals surface area (Å²) in [6.07, 6.45) is 0.349. The topological polar surface area (TPSA) is 52.6 Å². The molecule has 0 aromatic heterocycles. The van der Waals surface area contributed by atoms with Crippen LogP contribution in [0.4, 0.5) is 0 Å². The van der Waals surface area contributed by atoms with Crippen LogP contribution >= 0.6 is 0 Å².